The number of halogens is 3. The molecule has 0 aromatic carbocycles. The maximum atomic E-state index is 11.4. The van der Waals surface area contributed by atoms with Crippen LogP contribution in [-0.4, -0.2) is 7.11 Å². The largest absolute Gasteiger partial charge is 0.471 e. The molecule has 0 aromatic heterocycles. The number of ether oxygens (including phenoxy) is 1. The van der Waals surface area contributed by atoms with Crippen LogP contribution in [0.2, 0.25) is 0 Å². The minimum absolute atomic E-state index is 0.983. The van der Waals surface area contributed by atoms with Crippen molar-refractivity contribution < 1.29 is 13.5 Å². The minimum Gasteiger partial charge on any atom is -0.471 e. The van der Waals surface area contributed by atoms with E-state index in [1.165, 1.54) is 0 Å². The Bertz CT molecular complexity index is 86.9. The molecule has 0 aromatic rings. The van der Waals surface area contributed by atoms with Crippen LogP contribution in [0.25, 0.3) is 0 Å². The highest BCUT2D eigenvalue weighted by Gasteiger charge is 1.98. The molecule has 0 atom stereocenters. The van der Waals surface area contributed by atoms with Gasteiger partial charge in [0.25, 0.3) is 5.29 Å². The van der Waals surface area contributed by atoms with E-state index < -0.39 is 11.3 Å². The van der Waals surface area contributed by atoms with E-state index in [2.05, 4.69) is 16.3 Å². The zero-order chi connectivity index (χ0) is 5.86. The van der Waals surface area contributed by atoms with Crippen molar-refractivity contribution in [1.29, 1.82) is 0 Å². The Labute approximate surface area is 44.5 Å². The van der Waals surface area contributed by atoms with Gasteiger partial charge in [-0.25, -0.2) is 0 Å². The van der Waals surface area contributed by atoms with E-state index in [9.17, 15) is 8.78 Å². The van der Waals surface area contributed by atoms with E-state index in [0.717, 1.165) is 7.11 Å². The summed E-state index contributed by atoms with van der Waals surface area (Å²) in [6.45, 7) is 0. The van der Waals surface area contributed by atoms with Crippen molar-refractivity contribution in [2.45, 2.75) is 0 Å². The maximum Gasteiger partial charge on any atom is 0.321 e. The first-order valence-corrected chi connectivity index (χ1v) is 1.81. The smallest absolute Gasteiger partial charge is 0.321 e. The summed E-state index contributed by atoms with van der Waals surface area (Å²) in [6.07, 6.45) is 0. The summed E-state index contributed by atoms with van der Waals surface area (Å²) in [5.41, 5.74) is 0. The molecule has 7 heavy (non-hydrogen) atoms. The predicted molar refractivity (Wildman–Crippen MR) is 22.1 cm³/mol. The van der Waals surface area contributed by atoms with Crippen LogP contribution in [0.15, 0.2) is 11.3 Å². The Hall–Kier alpha value is -0.310. The second kappa shape index (κ2) is 2.80. The molecule has 0 aliphatic carbocycles. The molecule has 0 amide bonds. The fraction of sp³-hybridized carbons (Fsp3) is 0.333. The Kier molecular flexibility index (Phi) is 2.67. The van der Waals surface area contributed by atoms with Crippen LogP contribution in [0, 0.1) is 0 Å². The van der Waals surface area contributed by atoms with E-state index in [4.69, 9.17) is 0 Å². The molecule has 0 aliphatic rings. The van der Waals surface area contributed by atoms with Gasteiger partial charge in [-0.05, 0) is 11.6 Å². The van der Waals surface area contributed by atoms with Crippen LogP contribution < -0.4 is 0 Å². The van der Waals surface area contributed by atoms with E-state index in [-0.39, 0.29) is 0 Å². The molecule has 0 fully saturated rings. The Balaban J connectivity index is 3.72. The SMILES string of the molecule is CO/C(F)=C(/F)Cl. The van der Waals surface area contributed by atoms with Crippen molar-refractivity contribution in [3.63, 3.8) is 0 Å². The molecule has 0 saturated carbocycles. The molecule has 0 saturated heterocycles. The van der Waals surface area contributed by atoms with Gasteiger partial charge in [-0.1, -0.05) is 0 Å². The first-order valence-electron chi connectivity index (χ1n) is 1.43. The molecule has 0 heterocycles. The molecule has 0 rings (SSSR count). The fourth-order valence-corrected chi connectivity index (χ4v) is 0.154. The van der Waals surface area contributed by atoms with Gasteiger partial charge in [0.2, 0.25) is 0 Å². The van der Waals surface area contributed by atoms with Gasteiger partial charge in [0, 0.05) is 0 Å². The molecule has 0 radical (unpaired) electrons. The third-order valence-electron chi connectivity index (χ3n) is 0.328. The van der Waals surface area contributed by atoms with Crippen molar-refractivity contribution in [3.05, 3.63) is 11.3 Å². The average Bonchev–Trinajstić information content (AvgIpc) is 1.65. The summed E-state index contributed by atoms with van der Waals surface area (Å²) in [5, 5.41) is -1.46. The Morgan fingerprint density at radius 3 is 2.00 bits per heavy atom. The lowest BCUT2D eigenvalue weighted by Crippen LogP contribution is -1.75. The summed E-state index contributed by atoms with van der Waals surface area (Å²) in [7, 11) is 0.983. The molecule has 4 heteroatoms. The van der Waals surface area contributed by atoms with Crippen LogP contribution in [0.4, 0.5) is 8.78 Å². The van der Waals surface area contributed by atoms with Crippen LogP contribution in [0.1, 0.15) is 0 Å². The summed E-state index contributed by atoms with van der Waals surface area (Å²) >= 11 is 4.44. The van der Waals surface area contributed by atoms with Crippen LogP contribution in [0.5, 0.6) is 0 Å². The molecular formula is C3H3ClF2O. The topological polar surface area (TPSA) is 9.23 Å². The van der Waals surface area contributed by atoms with E-state index in [0.29, 0.717) is 0 Å². The highest BCUT2D eigenvalue weighted by molar-refractivity contribution is 6.28. The summed E-state index contributed by atoms with van der Waals surface area (Å²) in [6, 6.07) is -1.39. The van der Waals surface area contributed by atoms with Gasteiger partial charge >= 0.3 is 6.01 Å². The number of methoxy groups -OCH3 is 1. The number of hydrogen-bond donors (Lipinski definition) is 0. The highest BCUT2D eigenvalue weighted by Crippen LogP contribution is 2.11. The molecule has 0 N–H and O–H groups in total. The second-order valence-electron chi connectivity index (χ2n) is 0.738. The monoisotopic (exact) mass is 128 g/mol. The number of rotatable bonds is 1. The lowest BCUT2D eigenvalue weighted by molar-refractivity contribution is 0.192. The van der Waals surface area contributed by atoms with Gasteiger partial charge < -0.3 is 4.74 Å². The van der Waals surface area contributed by atoms with Crippen LogP contribution >= 0.6 is 11.6 Å². The van der Waals surface area contributed by atoms with E-state index in [1.807, 2.05) is 0 Å². The third-order valence-corrected chi connectivity index (χ3v) is 0.476. The van der Waals surface area contributed by atoms with Crippen molar-refractivity contribution in [2.24, 2.45) is 0 Å². The highest BCUT2D eigenvalue weighted by atomic mass is 35.5. The van der Waals surface area contributed by atoms with Gasteiger partial charge in [-0.3, -0.25) is 0 Å². The Morgan fingerprint density at radius 2 is 2.00 bits per heavy atom. The predicted octanol–water partition coefficient (Wildman–Crippen LogP) is 1.94. The summed E-state index contributed by atoms with van der Waals surface area (Å²) < 4.78 is 26.4. The lowest BCUT2D eigenvalue weighted by Gasteiger charge is -1.88. The van der Waals surface area contributed by atoms with Gasteiger partial charge in [0.1, 0.15) is 0 Å². The normalized spacial score (nSPS) is 13.1. The molecule has 0 spiro atoms. The van der Waals surface area contributed by atoms with Crippen molar-refractivity contribution in [1.82, 2.24) is 0 Å². The minimum atomic E-state index is -1.46. The molecular weight excluding hydrogens is 125 g/mol. The van der Waals surface area contributed by atoms with Crippen LogP contribution in [-0.2, 0) is 4.74 Å². The molecule has 0 bridgehead atoms. The molecule has 0 unspecified atom stereocenters. The van der Waals surface area contributed by atoms with Gasteiger partial charge in [0.05, 0.1) is 7.11 Å². The van der Waals surface area contributed by atoms with Gasteiger partial charge in [0.15, 0.2) is 0 Å². The standard InChI is InChI=1S/C3H3ClF2O/c1-7-3(6)2(4)5/h1H3/b3-2+. The van der Waals surface area contributed by atoms with Gasteiger partial charge in [-0.2, -0.15) is 8.78 Å². The number of hydrogen-bond acceptors (Lipinski definition) is 1. The Morgan fingerprint density at radius 1 is 1.57 bits per heavy atom. The van der Waals surface area contributed by atoms with Crippen molar-refractivity contribution >= 4 is 11.6 Å². The van der Waals surface area contributed by atoms with Gasteiger partial charge in [-0.15, -0.1) is 0 Å². The van der Waals surface area contributed by atoms with Crippen molar-refractivity contribution in [3.8, 4) is 0 Å². The molecule has 0 aliphatic heterocycles. The molecule has 1 nitrogen and oxygen atoms in total. The zero-order valence-electron chi connectivity index (χ0n) is 3.54. The average molecular weight is 129 g/mol. The first kappa shape index (κ1) is 6.69. The second-order valence-corrected chi connectivity index (χ2v) is 1.07. The molecule has 42 valence electrons. The lowest BCUT2D eigenvalue weighted by atomic mass is 11.0. The van der Waals surface area contributed by atoms with E-state index in [1.54, 1.807) is 0 Å². The maximum absolute atomic E-state index is 11.4. The third kappa shape index (κ3) is 2.39. The first-order chi connectivity index (χ1) is 3.18. The van der Waals surface area contributed by atoms with Crippen LogP contribution in [0.3, 0.4) is 0 Å². The quantitative estimate of drug-likeness (QED) is 0.491. The zero-order valence-corrected chi connectivity index (χ0v) is 4.30. The summed E-state index contributed by atoms with van der Waals surface area (Å²) in [5.74, 6) is 0. The van der Waals surface area contributed by atoms with Crippen molar-refractivity contribution in [2.75, 3.05) is 7.11 Å². The fourth-order valence-electron chi connectivity index (χ4n) is 0.0772. The summed E-state index contributed by atoms with van der Waals surface area (Å²) in [4.78, 5) is 0. The van der Waals surface area contributed by atoms with E-state index >= 15 is 0 Å².